The Morgan fingerprint density at radius 1 is 0.842 bits per heavy atom. The predicted molar refractivity (Wildman–Crippen MR) is 55.5 cm³/mol. The molecule has 104 valence electrons. The fraction of sp³-hybridized carbons (Fsp3) is 0. The van der Waals surface area contributed by atoms with Gasteiger partial charge in [0, 0.05) is 0 Å². The lowest BCUT2D eigenvalue weighted by Gasteiger charge is -2.01. The zero-order chi connectivity index (χ0) is 15.2. The number of carbonyl (C=O) groups is 3. The molecule has 0 heterocycles. The number of aromatic carboxylic acids is 1. The summed E-state index contributed by atoms with van der Waals surface area (Å²) in [5.41, 5.74) is -0.289. The van der Waals surface area contributed by atoms with E-state index in [1.54, 1.807) is 0 Å². The smallest absolute Gasteiger partial charge is 0.504 e. The summed E-state index contributed by atoms with van der Waals surface area (Å²) < 4.78 is 3.08. The van der Waals surface area contributed by atoms with Crippen molar-refractivity contribution in [1.82, 2.24) is 0 Å². The molecule has 0 aromatic heterocycles. The van der Waals surface area contributed by atoms with E-state index in [-0.39, 0.29) is 5.56 Å². The van der Waals surface area contributed by atoms with Gasteiger partial charge in [0.2, 0.25) is 0 Å². The van der Waals surface area contributed by atoms with E-state index >= 15 is 0 Å². The van der Waals surface area contributed by atoms with E-state index in [0.29, 0.717) is 0 Å². The van der Waals surface area contributed by atoms with Crippen molar-refractivity contribution in [3.63, 3.8) is 0 Å². The normalized spacial score (nSPS) is 8.84. The number of phenols is 3. The number of hydrogen-bond acceptors (Lipinski definition) is 7. The van der Waals surface area contributed by atoms with Crippen molar-refractivity contribution < 1.29 is 49.8 Å². The van der Waals surface area contributed by atoms with Crippen LogP contribution in [0.4, 0.5) is 9.59 Å². The van der Waals surface area contributed by atoms with Crippen LogP contribution >= 0.6 is 0 Å². The second-order valence-electron chi connectivity index (χ2n) is 2.80. The summed E-state index contributed by atoms with van der Waals surface area (Å²) >= 11 is 0. The highest BCUT2D eigenvalue weighted by atomic mass is 16.7. The van der Waals surface area contributed by atoms with E-state index in [1.165, 1.54) is 0 Å². The van der Waals surface area contributed by atoms with Gasteiger partial charge < -0.3 is 35.4 Å². The van der Waals surface area contributed by atoms with Crippen LogP contribution in [0.2, 0.25) is 0 Å². The first kappa shape index (κ1) is 15.8. The highest BCUT2D eigenvalue weighted by molar-refractivity contribution is 5.89. The summed E-state index contributed by atoms with van der Waals surface area (Å²) in [7, 11) is 0. The lowest BCUT2D eigenvalue weighted by Crippen LogP contribution is -2.05. The van der Waals surface area contributed by atoms with Crippen LogP contribution in [0, 0.1) is 0 Å². The van der Waals surface area contributed by atoms with Gasteiger partial charge in [-0.05, 0) is 12.1 Å². The molecule has 0 saturated carbocycles. The summed E-state index contributed by atoms with van der Waals surface area (Å²) in [5, 5.41) is 49.9. The number of hydrogen-bond donors (Lipinski definition) is 6. The summed E-state index contributed by atoms with van der Waals surface area (Å²) in [5.74, 6) is -3.33. The largest absolute Gasteiger partial charge is 0.516 e. The third-order valence-electron chi connectivity index (χ3n) is 1.49. The third-order valence-corrected chi connectivity index (χ3v) is 1.49. The molecule has 6 N–H and O–H groups in total. The first-order valence-electron chi connectivity index (χ1n) is 4.27. The molecule has 10 nitrogen and oxygen atoms in total. The number of carboxylic acids is 1. The molecular formula is C9H8O10. The van der Waals surface area contributed by atoms with Gasteiger partial charge in [-0.2, -0.15) is 0 Å². The number of rotatable bonds is 1. The van der Waals surface area contributed by atoms with Crippen LogP contribution in [0.5, 0.6) is 17.2 Å². The number of phenolic OH excluding ortho intramolecular Hbond substituents is 3. The fourth-order valence-corrected chi connectivity index (χ4v) is 0.802. The minimum absolute atomic E-state index is 0.289. The number of aromatic hydroxyl groups is 3. The van der Waals surface area contributed by atoms with Gasteiger partial charge in [-0.25, -0.2) is 14.4 Å². The van der Waals surface area contributed by atoms with Gasteiger partial charge in [0.1, 0.15) is 0 Å². The maximum Gasteiger partial charge on any atom is 0.516 e. The topological polar surface area (TPSA) is 182 Å². The summed E-state index contributed by atoms with van der Waals surface area (Å²) in [6.45, 7) is 0. The molecule has 1 aromatic rings. The summed E-state index contributed by atoms with van der Waals surface area (Å²) in [6.07, 6.45) is -3.62. The Morgan fingerprint density at radius 2 is 1.21 bits per heavy atom. The molecule has 1 rings (SSSR count). The lowest BCUT2D eigenvalue weighted by molar-refractivity contribution is 0.0693. The molecule has 0 atom stereocenters. The predicted octanol–water partition coefficient (Wildman–Crippen LogP) is 0.861. The Morgan fingerprint density at radius 3 is 1.42 bits per heavy atom. The molecule has 0 amide bonds. The van der Waals surface area contributed by atoms with E-state index in [2.05, 4.69) is 4.74 Å². The highest BCUT2D eigenvalue weighted by Gasteiger charge is 2.11. The van der Waals surface area contributed by atoms with E-state index in [9.17, 15) is 14.4 Å². The first-order valence-corrected chi connectivity index (χ1v) is 4.27. The minimum atomic E-state index is -1.81. The third kappa shape index (κ3) is 5.63. The molecule has 0 bridgehead atoms. The summed E-state index contributed by atoms with van der Waals surface area (Å²) in [4.78, 5) is 28.7. The lowest BCUT2D eigenvalue weighted by atomic mass is 10.2. The number of benzene rings is 1. The highest BCUT2D eigenvalue weighted by Crippen LogP contribution is 2.35. The van der Waals surface area contributed by atoms with Crippen molar-refractivity contribution in [1.29, 1.82) is 0 Å². The zero-order valence-corrected chi connectivity index (χ0v) is 8.97. The van der Waals surface area contributed by atoms with Crippen LogP contribution in [-0.4, -0.2) is 48.9 Å². The van der Waals surface area contributed by atoms with Crippen molar-refractivity contribution in [3.05, 3.63) is 17.7 Å². The van der Waals surface area contributed by atoms with Crippen molar-refractivity contribution in [2.75, 3.05) is 0 Å². The van der Waals surface area contributed by atoms with E-state index in [1.807, 2.05) is 0 Å². The monoisotopic (exact) mass is 276 g/mol. The Bertz CT molecular complexity index is 471. The van der Waals surface area contributed by atoms with Crippen molar-refractivity contribution in [2.24, 2.45) is 0 Å². The molecule has 0 aliphatic rings. The first-order chi connectivity index (χ1) is 8.65. The van der Waals surface area contributed by atoms with Crippen LogP contribution in [0.1, 0.15) is 10.4 Å². The molecular weight excluding hydrogens is 268 g/mol. The average molecular weight is 276 g/mol. The van der Waals surface area contributed by atoms with Gasteiger partial charge in [-0.1, -0.05) is 0 Å². The standard InChI is InChI=1S/C7H6O5.C2H2O5/c8-4-1-3(7(11)12)2-5(9)6(4)10;3-1(4)7-2(5)6/h1-2,8-10H,(H,11,12);(H,3,4)(H,5,6). The van der Waals surface area contributed by atoms with Gasteiger partial charge in [-0.3, -0.25) is 0 Å². The maximum atomic E-state index is 10.3. The van der Waals surface area contributed by atoms with E-state index < -0.39 is 35.5 Å². The number of ether oxygens (including phenoxy) is 1. The Labute approximate surface area is 104 Å². The van der Waals surface area contributed by atoms with Gasteiger partial charge in [0.25, 0.3) is 0 Å². The van der Waals surface area contributed by atoms with Gasteiger partial charge in [0.05, 0.1) is 5.56 Å². The van der Waals surface area contributed by atoms with Crippen LogP contribution in [0.15, 0.2) is 12.1 Å². The Balaban J connectivity index is 0.000000399. The second-order valence-corrected chi connectivity index (χ2v) is 2.80. The summed E-state index contributed by atoms with van der Waals surface area (Å²) in [6, 6.07) is 1.69. The molecule has 0 spiro atoms. The molecule has 1 aromatic carbocycles. The zero-order valence-electron chi connectivity index (χ0n) is 8.97. The molecule has 0 radical (unpaired) electrons. The minimum Gasteiger partial charge on any atom is -0.504 e. The van der Waals surface area contributed by atoms with E-state index in [4.69, 9.17) is 30.6 Å². The van der Waals surface area contributed by atoms with Gasteiger partial charge >= 0.3 is 18.3 Å². The molecule has 10 heteroatoms. The van der Waals surface area contributed by atoms with Crippen molar-refractivity contribution in [3.8, 4) is 17.2 Å². The molecule has 0 aliphatic heterocycles. The van der Waals surface area contributed by atoms with Crippen LogP contribution in [-0.2, 0) is 4.74 Å². The van der Waals surface area contributed by atoms with Crippen LogP contribution in [0.3, 0.4) is 0 Å². The van der Waals surface area contributed by atoms with Crippen molar-refractivity contribution >= 4 is 18.3 Å². The molecule has 0 unspecified atom stereocenters. The number of carboxylic acid groups (broad SMARTS) is 3. The van der Waals surface area contributed by atoms with Gasteiger partial charge in [-0.15, -0.1) is 0 Å². The molecule has 19 heavy (non-hydrogen) atoms. The Hall–Kier alpha value is -3.17. The molecule has 0 aliphatic carbocycles. The van der Waals surface area contributed by atoms with Crippen molar-refractivity contribution in [2.45, 2.75) is 0 Å². The molecule has 0 saturated heterocycles. The Kier molecular flexibility index (Phi) is 5.45. The van der Waals surface area contributed by atoms with Crippen LogP contribution in [0.25, 0.3) is 0 Å². The SMILES string of the molecule is O=C(O)OC(=O)O.O=C(O)c1cc(O)c(O)c(O)c1. The molecule has 0 fully saturated rings. The van der Waals surface area contributed by atoms with Crippen LogP contribution < -0.4 is 0 Å². The average Bonchev–Trinajstić information content (AvgIpc) is 2.23. The van der Waals surface area contributed by atoms with Gasteiger partial charge in [0.15, 0.2) is 17.2 Å². The fourth-order valence-electron chi connectivity index (χ4n) is 0.802. The van der Waals surface area contributed by atoms with E-state index in [0.717, 1.165) is 12.1 Å². The quantitative estimate of drug-likeness (QED) is 0.244. The maximum absolute atomic E-state index is 10.3. The second kappa shape index (κ2) is 6.54.